The molecule has 31 heavy (non-hydrogen) atoms. The van der Waals surface area contributed by atoms with E-state index in [0.29, 0.717) is 29.5 Å². The fourth-order valence-electron chi connectivity index (χ4n) is 3.54. The van der Waals surface area contributed by atoms with Gasteiger partial charge in [-0.15, -0.1) is 5.11 Å². The first-order valence-electron chi connectivity index (χ1n) is 10.1. The number of nitrogens with zero attached hydrogens (tertiary/aromatic N) is 3. The molecule has 0 radical (unpaired) electrons. The van der Waals surface area contributed by atoms with E-state index in [0.717, 1.165) is 22.2 Å². The second-order valence-corrected chi connectivity index (χ2v) is 7.48. The normalized spacial score (nSPS) is 11.3. The minimum absolute atomic E-state index is 0.115. The molecule has 0 atom stereocenters. The molecule has 0 amide bonds. The molecule has 1 heterocycles. The predicted octanol–water partition coefficient (Wildman–Crippen LogP) is 6.86. The summed E-state index contributed by atoms with van der Waals surface area (Å²) in [6, 6.07) is 25.3. The van der Waals surface area contributed by atoms with E-state index in [1.807, 2.05) is 42.5 Å². The van der Waals surface area contributed by atoms with Crippen LogP contribution < -0.4 is 0 Å². The van der Waals surface area contributed by atoms with E-state index < -0.39 is 0 Å². The number of carbonyl (C=O) groups excluding carboxylic acids is 1. The summed E-state index contributed by atoms with van der Waals surface area (Å²) < 4.78 is 7.36. The molecule has 1 aromatic heterocycles. The zero-order chi connectivity index (χ0) is 21.6. The Kier molecular flexibility index (Phi) is 6.43. The van der Waals surface area contributed by atoms with Gasteiger partial charge in [-0.3, -0.25) is 4.79 Å². The van der Waals surface area contributed by atoms with Crippen LogP contribution in [0.2, 0.25) is 5.02 Å². The van der Waals surface area contributed by atoms with Gasteiger partial charge < -0.3 is 9.30 Å². The van der Waals surface area contributed by atoms with E-state index in [2.05, 4.69) is 26.9 Å². The smallest absolute Gasteiger partial charge is 0.311 e. The maximum Gasteiger partial charge on any atom is 0.311 e. The van der Waals surface area contributed by atoms with E-state index in [-0.39, 0.29) is 12.4 Å². The minimum atomic E-state index is -0.289. The lowest BCUT2D eigenvalue weighted by Gasteiger charge is -2.11. The van der Waals surface area contributed by atoms with Crippen molar-refractivity contribution in [3.8, 4) is 0 Å². The summed E-state index contributed by atoms with van der Waals surface area (Å²) in [5.41, 5.74) is 4.27. The van der Waals surface area contributed by atoms with Crippen LogP contribution in [0.25, 0.3) is 10.9 Å². The van der Waals surface area contributed by atoms with Gasteiger partial charge in [-0.2, -0.15) is 5.11 Å². The van der Waals surface area contributed by atoms with Crippen LogP contribution in [0.1, 0.15) is 18.2 Å². The van der Waals surface area contributed by atoms with Gasteiger partial charge in [0, 0.05) is 17.0 Å². The highest BCUT2D eigenvalue weighted by atomic mass is 35.5. The first-order valence-corrected chi connectivity index (χ1v) is 10.5. The first kappa shape index (κ1) is 20.8. The second kappa shape index (κ2) is 9.58. The molecule has 0 unspecified atom stereocenters. The molecule has 0 saturated carbocycles. The number of benzene rings is 3. The van der Waals surface area contributed by atoms with Gasteiger partial charge >= 0.3 is 5.97 Å². The lowest BCUT2D eigenvalue weighted by Crippen LogP contribution is -2.12. The standard InChI is InChI=1S/C25H22ClN3O2/c1-2-31-24(30)16-23-25(28-27-20-14-12-19(26)13-15-20)21-10-6-7-11-22(21)29(23)17-18-8-4-3-5-9-18/h3-15H,2,16-17H2,1H3. The van der Waals surface area contributed by atoms with Crippen LogP contribution in [0.5, 0.6) is 0 Å². The van der Waals surface area contributed by atoms with Crippen molar-refractivity contribution < 1.29 is 9.53 Å². The van der Waals surface area contributed by atoms with Gasteiger partial charge in [-0.25, -0.2) is 0 Å². The molecule has 156 valence electrons. The summed E-state index contributed by atoms with van der Waals surface area (Å²) in [6.45, 7) is 2.75. The molecule has 0 bridgehead atoms. The average Bonchev–Trinajstić information content (AvgIpc) is 3.07. The van der Waals surface area contributed by atoms with Crippen LogP contribution in [0.15, 0.2) is 89.1 Å². The van der Waals surface area contributed by atoms with Crippen LogP contribution in [0.3, 0.4) is 0 Å². The van der Waals surface area contributed by atoms with Crippen LogP contribution >= 0.6 is 11.6 Å². The average molecular weight is 432 g/mol. The van der Waals surface area contributed by atoms with Crippen molar-refractivity contribution in [2.75, 3.05) is 6.61 Å². The number of aromatic nitrogens is 1. The predicted molar refractivity (Wildman–Crippen MR) is 123 cm³/mol. The molecule has 0 fully saturated rings. The fourth-order valence-corrected chi connectivity index (χ4v) is 3.67. The van der Waals surface area contributed by atoms with E-state index in [1.165, 1.54) is 0 Å². The molecule has 6 heteroatoms. The number of carbonyl (C=O) groups is 1. The van der Waals surface area contributed by atoms with Gasteiger partial charge in [0.15, 0.2) is 0 Å². The Balaban J connectivity index is 1.84. The Morgan fingerprint density at radius 1 is 0.935 bits per heavy atom. The number of ether oxygens (including phenoxy) is 1. The molecule has 0 aliphatic rings. The van der Waals surface area contributed by atoms with E-state index in [9.17, 15) is 4.79 Å². The molecular formula is C25H22ClN3O2. The Bertz CT molecular complexity index is 1210. The van der Waals surface area contributed by atoms with Gasteiger partial charge in [-0.1, -0.05) is 60.1 Å². The monoisotopic (exact) mass is 431 g/mol. The highest BCUT2D eigenvalue weighted by Gasteiger charge is 2.20. The van der Waals surface area contributed by atoms with E-state index >= 15 is 0 Å². The molecule has 4 rings (SSSR count). The molecule has 4 aromatic rings. The number of hydrogen-bond acceptors (Lipinski definition) is 4. The minimum Gasteiger partial charge on any atom is -0.466 e. The van der Waals surface area contributed by atoms with Gasteiger partial charge in [0.05, 0.1) is 29.9 Å². The maximum absolute atomic E-state index is 12.4. The highest BCUT2D eigenvalue weighted by Crippen LogP contribution is 2.36. The molecule has 0 aliphatic carbocycles. The van der Waals surface area contributed by atoms with Gasteiger partial charge in [0.2, 0.25) is 0 Å². The van der Waals surface area contributed by atoms with Crippen LogP contribution in [-0.4, -0.2) is 17.1 Å². The number of rotatable bonds is 7. The molecule has 3 aromatic carbocycles. The van der Waals surface area contributed by atoms with Crippen molar-refractivity contribution in [2.45, 2.75) is 19.9 Å². The third-order valence-electron chi connectivity index (χ3n) is 4.94. The molecule has 0 spiro atoms. The number of para-hydroxylation sites is 1. The number of fused-ring (bicyclic) bond motifs is 1. The van der Waals surface area contributed by atoms with Crippen molar-refractivity contribution >= 4 is 39.8 Å². The SMILES string of the molecule is CCOC(=O)Cc1c(N=Nc2ccc(Cl)cc2)c2ccccc2n1Cc1ccccc1. The quantitative estimate of drug-likeness (QED) is 0.237. The van der Waals surface area contributed by atoms with E-state index in [1.54, 1.807) is 31.2 Å². The largest absolute Gasteiger partial charge is 0.466 e. The van der Waals surface area contributed by atoms with Crippen LogP contribution in [0, 0.1) is 0 Å². The number of hydrogen-bond donors (Lipinski definition) is 0. The zero-order valence-electron chi connectivity index (χ0n) is 17.2. The fraction of sp³-hybridized carbons (Fsp3) is 0.160. The summed E-state index contributed by atoms with van der Waals surface area (Å²) in [7, 11) is 0. The van der Waals surface area contributed by atoms with Crippen LogP contribution in [0.4, 0.5) is 11.4 Å². The first-order chi connectivity index (χ1) is 15.2. The van der Waals surface area contributed by atoms with Crippen molar-refractivity contribution in [3.63, 3.8) is 0 Å². The Morgan fingerprint density at radius 2 is 1.65 bits per heavy atom. The number of azo groups is 1. The summed E-state index contributed by atoms with van der Waals surface area (Å²) in [6.07, 6.45) is 0.115. The zero-order valence-corrected chi connectivity index (χ0v) is 17.9. The summed E-state index contributed by atoms with van der Waals surface area (Å²) in [5, 5.41) is 10.5. The lowest BCUT2D eigenvalue weighted by atomic mass is 10.2. The summed E-state index contributed by atoms with van der Waals surface area (Å²) in [4.78, 5) is 12.4. The van der Waals surface area contributed by atoms with Gasteiger partial charge in [-0.05, 0) is 42.8 Å². The molecule has 0 aliphatic heterocycles. The topological polar surface area (TPSA) is 55.9 Å². The highest BCUT2D eigenvalue weighted by molar-refractivity contribution is 6.30. The molecular weight excluding hydrogens is 410 g/mol. The summed E-state index contributed by atoms with van der Waals surface area (Å²) in [5.74, 6) is -0.289. The van der Waals surface area contributed by atoms with Gasteiger partial charge in [0.25, 0.3) is 0 Å². The third kappa shape index (κ3) is 4.84. The van der Waals surface area contributed by atoms with E-state index in [4.69, 9.17) is 16.3 Å². The molecule has 0 N–H and O–H groups in total. The van der Waals surface area contributed by atoms with Crippen molar-refractivity contribution in [2.24, 2.45) is 10.2 Å². The third-order valence-corrected chi connectivity index (χ3v) is 5.19. The van der Waals surface area contributed by atoms with Crippen LogP contribution in [-0.2, 0) is 22.5 Å². The Morgan fingerprint density at radius 3 is 2.39 bits per heavy atom. The lowest BCUT2D eigenvalue weighted by molar-refractivity contribution is -0.142. The molecule has 0 saturated heterocycles. The second-order valence-electron chi connectivity index (χ2n) is 7.04. The maximum atomic E-state index is 12.4. The molecule has 5 nitrogen and oxygen atoms in total. The van der Waals surface area contributed by atoms with Crippen molar-refractivity contribution in [3.05, 3.63) is 95.1 Å². The van der Waals surface area contributed by atoms with Crippen molar-refractivity contribution in [1.82, 2.24) is 4.57 Å². The Hall–Kier alpha value is -3.44. The van der Waals surface area contributed by atoms with Gasteiger partial charge in [0.1, 0.15) is 5.69 Å². The number of halogens is 1. The Labute approximate surface area is 185 Å². The van der Waals surface area contributed by atoms with Crippen molar-refractivity contribution in [1.29, 1.82) is 0 Å². The number of esters is 1. The summed E-state index contributed by atoms with van der Waals surface area (Å²) >= 11 is 5.97.